The number of amides is 2. The van der Waals surface area contributed by atoms with E-state index in [4.69, 9.17) is 0 Å². The fraction of sp³-hybridized carbons (Fsp3) is 0.542. The number of hydrogen-bond donors (Lipinski definition) is 1. The molecule has 1 aromatic heterocycles. The van der Waals surface area contributed by atoms with Crippen molar-refractivity contribution in [2.24, 2.45) is 5.41 Å². The maximum absolute atomic E-state index is 12.7. The number of carbonyl (C=O) groups excluding carboxylic acids is 2. The van der Waals surface area contributed by atoms with Crippen molar-refractivity contribution in [1.29, 1.82) is 0 Å². The van der Waals surface area contributed by atoms with Gasteiger partial charge in [0.05, 0.1) is 23.6 Å². The topological polar surface area (TPSA) is 67.2 Å². The number of hydrogen-bond acceptors (Lipinski definition) is 3. The molecule has 1 aliphatic heterocycles. The third kappa shape index (κ3) is 4.58. The van der Waals surface area contributed by atoms with Crippen LogP contribution in [0.1, 0.15) is 69.7 Å². The molecule has 1 atom stereocenters. The van der Waals surface area contributed by atoms with Gasteiger partial charge in [0, 0.05) is 31.5 Å². The highest BCUT2D eigenvalue weighted by Crippen LogP contribution is 2.41. The second kappa shape index (κ2) is 8.62. The minimum atomic E-state index is -0.0228. The molecule has 2 amide bonds. The van der Waals surface area contributed by atoms with Crippen molar-refractivity contribution >= 4 is 11.8 Å². The molecule has 1 aliphatic carbocycles. The van der Waals surface area contributed by atoms with Gasteiger partial charge in [-0.05, 0) is 49.7 Å². The minimum absolute atomic E-state index is 0.0228. The summed E-state index contributed by atoms with van der Waals surface area (Å²) in [6, 6.07) is 10.1. The van der Waals surface area contributed by atoms with Crippen LogP contribution < -0.4 is 5.32 Å². The van der Waals surface area contributed by atoms with Crippen LogP contribution >= 0.6 is 0 Å². The minimum Gasteiger partial charge on any atom is -0.349 e. The Hall–Kier alpha value is -2.63. The van der Waals surface area contributed by atoms with Crippen molar-refractivity contribution < 1.29 is 9.59 Å². The van der Waals surface area contributed by atoms with Crippen LogP contribution in [0.2, 0.25) is 0 Å². The molecule has 1 saturated heterocycles. The Morgan fingerprint density at radius 1 is 1.23 bits per heavy atom. The SMILES string of the molecule is CC1(C)Cc2c(cnn2-c2ccccc2)[C@@H](NC(=O)CCCN2CCCCC2=O)C1. The third-order valence-electron chi connectivity index (χ3n) is 6.27. The normalized spacial score (nSPS) is 20.7. The first-order chi connectivity index (χ1) is 14.4. The van der Waals surface area contributed by atoms with Crippen molar-refractivity contribution in [3.8, 4) is 5.69 Å². The van der Waals surface area contributed by atoms with Gasteiger partial charge >= 0.3 is 0 Å². The highest BCUT2D eigenvalue weighted by atomic mass is 16.2. The third-order valence-corrected chi connectivity index (χ3v) is 6.27. The summed E-state index contributed by atoms with van der Waals surface area (Å²) in [6.45, 7) is 6.01. The van der Waals surface area contributed by atoms with Gasteiger partial charge in [0.15, 0.2) is 0 Å². The zero-order valence-corrected chi connectivity index (χ0v) is 18.1. The molecular weight excluding hydrogens is 376 g/mol. The van der Waals surface area contributed by atoms with E-state index in [9.17, 15) is 9.59 Å². The first kappa shape index (κ1) is 20.6. The lowest BCUT2D eigenvalue weighted by molar-refractivity contribution is -0.133. The van der Waals surface area contributed by atoms with Crippen LogP contribution in [0.15, 0.2) is 36.5 Å². The Labute approximate surface area is 178 Å². The summed E-state index contributed by atoms with van der Waals surface area (Å²) in [6.07, 6.45) is 7.62. The average molecular weight is 409 g/mol. The van der Waals surface area contributed by atoms with Crippen LogP contribution in [-0.2, 0) is 16.0 Å². The second-order valence-electron chi connectivity index (χ2n) is 9.40. The summed E-state index contributed by atoms with van der Waals surface area (Å²) in [5.74, 6) is 0.286. The largest absolute Gasteiger partial charge is 0.349 e. The monoisotopic (exact) mass is 408 g/mol. The van der Waals surface area contributed by atoms with E-state index in [2.05, 4.69) is 36.4 Å². The van der Waals surface area contributed by atoms with E-state index >= 15 is 0 Å². The molecule has 30 heavy (non-hydrogen) atoms. The van der Waals surface area contributed by atoms with Crippen molar-refractivity contribution in [1.82, 2.24) is 20.0 Å². The fourth-order valence-electron chi connectivity index (χ4n) is 4.76. The number of carbonyl (C=O) groups is 2. The number of aromatic nitrogens is 2. The zero-order valence-electron chi connectivity index (χ0n) is 18.1. The van der Waals surface area contributed by atoms with Crippen LogP contribution in [0.3, 0.4) is 0 Å². The molecule has 0 radical (unpaired) electrons. The number of nitrogens with one attached hydrogen (secondary N) is 1. The van der Waals surface area contributed by atoms with Gasteiger partial charge in [0.1, 0.15) is 0 Å². The molecule has 0 spiro atoms. The average Bonchev–Trinajstić information content (AvgIpc) is 3.13. The lowest BCUT2D eigenvalue weighted by Crippen LogP contribution is -2.38. The molecule has 6 nitrogen and oxygen atoms in total. The van der Waals surface area contributed by atoms with E-state index in [0.717, 1.165) is 43.5 Å². The number of para-hydroxylation sites is 1. The van der Waals surface area contributed by atoms with Crippen LogP contribution in [0.25, 0.3) is 5.69 Å². The maximum Gasteiger partial charge on any atom is 0.222 e. The van der Waals surface area contributed by atoms with Crippen LogP contribution in [0.5, 0.6) is 0 Å². The molecule has 4 rings (SSSR count). The van der Waals surface area contributed by atoms with E-state index in [1.54, 1.807) is 0 Å². The summed E-state index contributed by atoms with van der Waals surface area (Å²) < 4.78 is 2.01. The maximum atomic E-state index is 12.7. The van der Waals surface area contributed by atoms with Gasteiger partial charge in [-0.25, -0.2) is 4.68 Å². The second-order valence-corrected chi connectivity index (χ2v) is 9.40. The number of nitrogens with zero attached hydrogens (tertiary/aromatic N) is 3. The van der Waals surface area contributed by atoms with Crippen molar-refractivity contribution in [2.45, 2.75) is 64.8 Å². The standard InChI is InChI=1S/C24H32N4O2/c1-24(2)15-20(26-22(29)11-8-14-27-13-7-6-12-23(27)30)19-17-25-28(21(19)16-24)18-9-4-3-5-10-18/h3-5,9-10,17,20H,6-8,11-16H2,1-2H3,(H,26,29)/t20-/m0/s1. The summed E-state index contributed by atoms with van der Waals surface area (Å²) in [5, 5.41) is 7.89. The Balaban J connectivity index is 1.41. The van der Waals surface area contributed by atoms with Gasteiger partial charge in [0.25, 0.3) is 0 Å². The van der Waals surface area contributed by atoms with Crippen LogP contribution in [0.4, 0.5) is 0 Å². The molecule has 2 aromatic rings. The summed E-state index contributed by atoms with van der Waals surface area (Å²) in [5.41, 5.74) is 3.43. The number of rotatable bonds is 6. The quantitative estimate of drug-likeness (QED) is 0.791. The van der Waals surface area contributed by atoms with Gasteiger partial charge in [-0.15, -0.1) is 0 Å². The molecule has 0 unspecified atom stereocenters. The Bertz CT molecular complexity index is 903. The number of piperidine rings is 1. The summed E-state index contributed by atoms with van der Waals surface area (Å²) >= 11 is 0. The molecule has 160 valence electrons. The Kier molecular flexibility index (Phi) is 5.93. The molecule has 1 fully saturated rings. The lowest BCUT2D eigenvalue weighted by atomic mass is 9.74. The van der Waals surface area contributed by atoms with E-state index in [-0.39, 0.29) is 23.3 Å². The van der Waals surface area contributed by atoms with Gasteiger partial charge in [-0.1, -0.05) is 32.0 Å². The van der Waals surface area contributed by atoms with E-state index in [1.807, 2.05) is 34.0 Å². The Morgan fingerprint density at radius 2 is 2.03 bits per heavy atom. The molecular formula is C24H32N4O2. The van der Waals surface area contributed by atoms with E-state index in [1.165, 1.54) is 5.69 Å². The number of benzene rings is 1. The molecule has 6 heteroatoms. The number of fused-ring (bicyclic) bond motifs is 1. The molecule has 0 saturated carbocycles. The molecule has 1 aromatic carbocycles. The van der Waals surface area contributed by atoms with Gasteiger partial charge in [-0.2, -0.15) is 5.10 Å². The molecule has 0 bridgehead atoms. The summed E-state index contributed by atoms with van der Waals surface area (Å²) in [4.78, 5) is 26.5. The van der Waals surface area contributed by atoms with Crippen molar-refractivity contribution in [2.75, 3.05) is 13.1 Å². The fourth-order valence-corrected chi connectivity index (χ4v) is 4.76. The predicted molar refractivity (Wildman–Crippen MR) is 116 cm³/mol. The first-order valence-electron chi connectivity index (χ1n) is 11.1. The van der Waals surface area contributed by atoms with Crippen LogP contribution in [0, 0.1) is 5.41 Å². The van der Waals surface area contributed by atoms with Gasteiger partial charge in [0.2, 0.25) is 11.8 Å². The lowest BCUT2D eigenvalue weighted by Gasteiger charge is -2.36. The van der Waals surface area contributed by atoms with E-state index < -0.39 is 0 Å². The highest BCUT2D eigenvalue weighted by molar-refractivity contribution is 5.78. The first-order valence-corrected chi connectivity index (χ1v) is 11.1. The molecule has 2 aliphatic rings. The molecule has 2 heterocycles. The zero-order chi connectivity index (χ0) is 21.1. The van der Waals surface area contributed by atoms with E-state index in [0.29, 0.717) is 25.8 Å². The smallest absolute Gasteiger partial charge is 0.222 e. The van der Waals surface area contributed by atoms with Crippen LogP contribution in [-0.4, -0.2) is 39.6 Å². The molecule has 1 N–H and O–H groups in total. The van der Waals surface area contributed by atoms with Gasteiger partial charge in [-0.3, -0.25) is 9.59 Å². The predicted octanol–water partition coefficient (Wildman–Crippen LogP) is 3.79. The summed E-state index contributed by atoms with van der Waals surface area (Å²) in [7, 11) is 0. The van der Waals surface area contributed by atoms with Gasteiger partial charge < -0.3 is 10.2 Å². The van der Waals surface area contributed by atoms with Crippen molar-refractivity contribution in [3.05, 3.63) is 47.8 Å². The van der Waals surface area contributed by atoms with Crippen molar-refractivity contribution in [3.63, 3.8) is 0 Å². The number of likely N-dealkylation sites (tertiary alicyclic amines) is 1. The highest BCUT2D eigenvalue weighted by Gasteiger charge is 2.36. The Morgan fingerprint density at radius 3 is 2.80 bits per heavy atom.